The van der Waals surface area contributed by atoms with E-state index in [0.29, 0.717) is 18.4 Å². The van der Waals surface area contributed by atoms with Crippen LogP contribution in [0.3, 0.4) is 0 Å². The molecule has 0 radical (unpaired) electrons. The summed E-state index contributed by atoms with van der Waals surface area (Å²) in [5, 5.41) is 3.19. The summed E-state index contributed by atoms with van der Waals surface area (Å²) in [7, 11) is 0. The molecule has 0 saturated carbocycles. The van der Waals surface area contributed by atoms with E-state index in [1.54, 1.807) is 0 Å². The number of ether oxygens (including phenoxy) is 2. The Balaban J connectivity index is 2.53. The van der Waals surface area contributed by atoms with E-state index in [1.807, 2.05) is 6.92 Å². The van der Waals surface area contributed by atoms with E-state index in [1.165, 1.54) is 11.1 Å². The third-order valence-electron chi connectivity index (χ3n) is 6.57. The van der Waals surface area contributed by atoms with E-state index in [-0.39, 0.29) is 28.6 Å². The van der Waals surface area contributed by atoms with Crippen LogP contribution in [-0.2, 0) is 27.1 Å². The molecule has 4 nitrogen and oxygen atoms in total. The first kappa shape index (κ1) is 30.6. The highest BCUT2D eigenvalue weighted by Crippen LogP contribution is 2.23. The standard InChI is InChI=1S/C30H53NO3/c1-22(2)16-18-33-29(8,9)20-25-12-14-26(15-13-25)21-30(10,11)34-19-17-28(6,7)31-27(32)24(5)23(3)4/h12-15,22-24H,16-21H2,1-11H3,(H,31,32). The predicted molar refractivity (Wildman–Crippen MR) is 144 cm³/mol. The number of nitrogens with one attached hydrogen (secondary N) is 1. The number of carbonyl (C=O) groups excluding carboxylic acids is 1. The van der Waals surface area contributed by atoms with Crippen molar-refractivity contribution in [3.8, 4) is 0 Å². The Bertz CT molecular complexity index is 732. The molecule has 0 spiro atoms. The van der Waals surface area contributed by atoms with Crippen molar-refractivity contribution in [3.05, 3.63) is 35.4 Å². The largest absolute Gasteiger partial charge is 0.375 e. The molecule has 0 aliphatic rings. The molecule has 196 valence electrons. The number of hydrogen-bond acceptors (Lipinski definition) is 3. The minimum absolute atomic E-state index is 0.0109. The van der Waals surface area contributed by atoms with Crippen LogP contribution in [0.5, 0.6) is 0 Å². The van der Waals surface area contributed by atoms with Gasteiger partial charge < -0.3 is 14.8 Å². The Morgan fingerprint density at radius 2 is 1.24 bits per heavy atom. The van der Waals surface area contributed by atoms with Gasteiger partial charge in [-0.1, -0.05) is 58.9 Å². The van der Waals surface area contributed by atoms with Crippen molar-refractivity contribution in [3.63, 3.8) is 0 Å². The van der Waals surface area contributed by atoms with Crippen LogP contribution >= 0.6 is 0 Å². The zero-order valence-electron chi connectivity index (χ0n) is 24.0. The average molecular weight is 476 g/mol. The zero-order chi connectivity index (χ0) is 26.2. The fourth-order valence-electron chi connectivity index (χ4n) is 3.83. The Morgan fingerprint density at radius 1 is 0.794 bits per heavy atom. The van der Waals surface area contributed by atoms with Crippen LogP contribution in [-0.4, -0.2) is 35.9 Å². The molecule has 0 aliphatic heterocycles. The molecule has 1 aromatic rings. The van der Waals surface area contributed by atoms with Crippen LogP contribution in [0.4, 0.5) is 0 Å². The molecule has 4 heteroatoms. The van der Waals surface area contributed by atoms with Crippen molar-refractivity contribution in [2.45, 2.75) is 119 Å². The quantitative estimate of drug-likeness (QED) is 0.297. The summed E-state index contributed by atoms with van der Waals surface area (Å²) < 4.78 is 12.4. The maximum atomic E-state index is 12.4. The van der Waals surface area contributed by atoms with E-state index in [9.17, 15) is 4.79 Å². The highest BCUT2D eigenvalue weighted by Gasteiger charge is 2.27. The van der Waals surface area contributed by atoms with Crippen molar-refractivity contribution in [2.24, 2.45) is 17.8 Å². The third-order valence-corrected chi connectivity index (χ3v) is 6.57. The number of carbonyl (C=O) groups is 1. The van der Waals surface area contributed by atoms with E-state index < -0.39 is 0 Å². The summed E-state index contributed by atoms with van der Waals surface area (Å²) in [6, 6.07) is 8.85. The predicted octanol–water partition coefficient (Wildman–Crippen LogP) is 6.99. The topological polar surface area (TPSA) is 47.6 Å². The van der Waals surface area contributed by atoms with Crippen molar-refractivity contribution < 1.29 is 14.3 Å². The van der Waals surface area contributed by atoms with Gasteiger partial charge >= 0.3 is 0 Å². The lowest BCUT2D eigenvalue weighted by Crippen LogP contribution is -2.47. The zero-order valence-corrected chi connectivity index (χ0v) is 24.0. The van der Waals surface area contributed by atoms with Gasteiger partial charge in [-0.05, 0) is 77.3 Å². The summed E-state index contributed by atoms with van der Waals surface area (Å²) in [5.74, 6) is 1.13. The molecule has 0 bridgehead atoms. The van der Waals surface area contributed by atoms with Gasteiger partial charge in [0.15, 0.2) is 0 Å². The summed E-state index contributed by atoms with van der Waals surface area (Å²) in [6.45, 7) is 24.8. The Kier molecular flexibility index (Phi) is 11.8. The monoisotopic (exact) mass is 475 g/mol. The van der Waals surface area contributed by atoms with Gasteiger partial charge in [0.25, 0.3) is 0 Å². The van der Waals surface area contributed by atoms with E-state index in [0.717, 1.165) is 32.3 Å². The lowest BCUT2D eigenvalue weighted by atomic mass is 9.93. The number of rotatable bonds is 15. The molecule has 0 aromatic heterocycles. The Hall–Kier alpha value is -1.39. The first-order valence-corrected chi connectivity index (χ1v) is 13.2. The fraction of sp³-hybridized carbons (Fsp3) is 0.767. The van der Waals surface area contributed by atoms with E-state index in [2.05, 4.69) is 98.8 Å². The van der Waals surface area contributed by atoms with Crippen LogP contribution < -0.4 is 5.32 Å². The minimum Gasteiger partial charge on any atom is -0.375 e. The molecule has 1 aromatic carbocycles. The van der Waals surface area contributed by atoms with Gasteiger partial charge in [0.1, 0.15) is 0 Å². The van der Waals surface area contributed by atoms with E-state index in [4.69, 9.17) is 9.47 Å². The molecule has 0 heterocycles. The number of benzene rings is 1. The highest BCUT2D eigenvalue weighted by molar-refractivity contribution is 5.79. The molecule has 1 atom stereocenters. The second-order valence-corrected chi connectivity index (χ2v) is 12.7. The first-order chi connectivity index (χ1) is 15.5. The highest BCUT2D eigenvalue weighted by atomic mass is 16.5. The molecule has 0 fully saturated rings. The molecule has 34 heavy (non-hydrogen) atoms. The van der Waals surface area contributed by atoms with Crippen molar-refractivity contribution >= 4 is 5.91 Å². The summed E-state index contributed by atoms with van der Waals surface area (Å²) in [5.41, 5.74) is 1.85. The first-order valence-electron chi connectivity index (χ1n) is 13.2. The second-order valence-electron chi connectivity index (χ2n) is 12.7. The van der Waals surface area contributed by atoms with Gasteiger partial charge in [-0.3, -0.25) is 4.79 Å². The maximum absolute atomic E-state index is 12.4. The normalized spacial score (nSPS) is 14.0. The fourth-order valence-corrected chi connectivity index (χ4v) is 3.83. The summed E-state index contributed by atoms with van der Waals surface area (Å²) in [4.78, 5) is 12.4. The molecular formula is C30H53NO3. The molecule has 0 saturated heterocycles. The van der Waals surface area contributed by atoms with Crippen LogP contribution in [0.25, 0.3) is 0 Å². The lowest BCUT2D eigenvalue weighted by molar-refractivity contribution is -0.127. The lowest BCUT2D eigenvalue weighted by Gasteiger charge is -2.31. The van der Waals surface area contributed by atoms with Gasteiger partial charge in [-0.25, -0.2) is 0 Å². The summed E-state index contributed by atoms with van der Waals surface area (Å²) >= 11 is 0. The maximum Gasteiger partial charge on any atom is 0.223 e. The van der Waals surface area contributed by atoms with Gasteiger partial charge in [0, 0.05) is 37.5 Å². The molecular weight excluding hydrogens is 422 g/mol. The van der Waals surface area contributed by atoms with Gasteiger partial charge in [-0.15, -0.1) is 0 Å². The SMILES string of the molecule is CC(C)CCOC(C)(C)Cc1ccc(CC(C)(C)OCCC(C)(C)NC(=O)C(C)C(C)C)cc1. The van der Waals surface area contributed by atoms with Crippen LogP contribution in [0, 0.1) is 17.8 Å². The second kappa shape index (κ2) is 13.1. The van der Waals surface area contributed by atoms with Crippen LogP contribution in [0.15, 0.2) is 24.3 Å². The van der Waals surface area contributed by atoms with Crippen molar-refractivity contribution in [2.75, 3.05) is 13.2 Å². The van der Waals surface area contributed by atoms with Crippen molar-refractivity contribution in [1.82, 2.24) is 5.32 Å². The van der Waals surface area contributed by atoms with Gasteiger partial charge in [-0.2, -0.15) is 0 Å². The molecule has 1 amide bonds. The van der Waals surface area contributed by atoms with E-state index >= 15 is 0 Å². The van der Waals surface area contributed by atoms with Crippen molar-refractivity contribution in [1.29, 1.82) is 0 Å². The van der Waals surface area contributed by atoms with Gasteiger partial charge in [0.2, 0.25) is 5.91 Å². The Morgan fingerprint density at radius 3 is 1.65 bits per heavy atom. The molecule has 1 rings (SSSR count). The van der Waals surface area contributed by atoms with Crippen LogP contribution in [0.2, 0.25) is 0 Å². The van der Waals surface area contributed by atoms with Gasteiger partial charge in [0.05, 0.1) is 11.2 Å². The summed E-state index contributed by atoms with van der Waals surface area (Å²) in [6.07, 6.45) is 3.62. The smallest absolute Gasteiger partial charge is 0.223 e. The van der Waals surface area contributed by atoms with Crippen LogP contribution in [0.1, 0.15) is 100 Å². The third kappa shape index (κ3) is 12.4. The molecule has 1 N–H and O–H groups in total. The number of hydrogen-bond donors (Lipinski definition) is 1. The number of amides is 1. The average Bonchev–Trinajstić information content (AvgIpc) is 2.67. The molecule has 1 unspecified atom stereocenters. The Labute approximate surface area is 210 Å². The molecule has 0 aliphatic carbocycles. The minimum atomic E-state index is -0.290.